The molecule has 3 N–H and O–H groups in total. The van der Waals surface area contributed by atoms with Crippen LogP contribution in [0, 0.1) is 5.92 Å². The molecular formula is C31H31F3N4O4. The summed E-state index contributed by atoms with van der Waals surface area (Å²) < 4.78 is 44.3. The number of alkyl halides is 3. The van der Waals surface area contributed by atoms with Crippen molar-refractivity contribution in [1.29, 1.82) is 0 Å². The average Bonchev–Trinajstić information content (AvgIpc) is 3.26. The number of ether oxygens (including phenoxy) is 1. The van der Waals surface area contributed by atoms with E-state index in [2.05, 4.69) is 10.3 Å². The van der Waals surface area contributed by atoms with E-state index in [1.165, 1.54) is 4.90 Å². The number of aliphatic imine (C=N–C) groups is 1. The summed E-state index contributed by atoms with van der Waals surface area (Å²) in [6.07, 6.45) is -7.91. The van der Waals surface area contributed by atoms with Gasteiger partial charge in [0.1, 0.15) is 5.75 Å². The van der Waals surface area contributed by atoms with E-state index in [0.29, 0.717) is 47.8 Å². The Balaban J connectivity index is 0.000000600. The van der Waals surface area contributed by atoms with Gasteiger partial charge in [0, 0.05) is 36.4 Å². The highest BCUT2D eigenvalue weighted by Gasteiger charge is 2.38. The molecule has 0 radical (unpaired) electrons. The zero-order valence-electron chi connectivity index (χ0n) is 22.7. The Hall–Kier alpha value is -4.67. The van der Waals surface area contributed by atoms with Crippen molar-refractivity contribution in [2.45, 2.75) is 38.0 Å². The molecule has 2 atom stereocenters. The number of hydrogen-bond acceptors (Lipinski definition) is 5. The number of anilines is 1. The molecule has 3 aromatic carbocycles. The Bertz CT molecular complexity index is 1390. The number of carbonyl (C=O) groups excluding carboxylic acids is 3. The fourth-order valence-electron chi connectivity index (χ4n) is 4.71. The molecule has 2 unspecified atom stereocenters. The monoisotopic (exact) mass is 580 g/mol. The topological polar surface area (TPSA) is 114 Å². The molecule has 2 aliphatic heterocycles. The second-order valence-electron chi connectivity index (χ2n) is 9.77. The van der Waals surface area contributed by atoms with Crippen molar-refractivity contribution in [3.63, 3.8) is 0 Å². The summed E-state index contributed by atoms with van der Waals surface area (Å²) in [4.78, 5) is 44.2. The van der Waals surface area contributed by atoms with Crippen molar-refractivity contribution in [3.8, 4) is 5.75 Å². The van der Waals surface area contributed by atoms with Crippen molar-refractivity contribution in [2.24, 2.45) is 16.6 Å². The van der Waals surface area contributed by atoms with Gasteiger partial charge in [-0.1, -0.05) is 78.9 Å². The molecule has 0 bridgehead atoms. The molecule has 3 amide bonds. The van der Waals surface area contributed by atoms with E-state index in [0.717, 1.165) is 0 Å². The highest BCUT2D eigenvalue weighted by molar-refractivity contribution is 6.21. The smallest absolute Gasteiger partial charge is 0.389 e. The number of hydrogen-bond donors (Lipinski definition) is 2. The number of nitrogens with one attached hydrogen (secondary N) is 1. The lowest BCUT2D eigenvalue weighted by Gasteiger charge is -2.25. The maximum atomic E-state index is 13.6. The van der Waals surface area contributed by atoms with Gasteiger partial charge in [-0.2, -0.15) is 13.2 Å². The van der Waals surface area contributed by atoms with E-state index >= 15 is 0 Å². The van der Waals surface area contributed by atoms with Gasteiger partial charge in [-0.15, -0.1) is 0 Å². The summed E-state index contributed by atoms with van der Waals surface area (Å²) in [7, 11) is 0. The Kier molecular flexibility index (Phi) is 9.95. The average molecular weight is 581 g/mol. The van der Waals surface area contributed by atoms with Crippen LogP contribution in [0.1, 0.15) is 36.8 Å². The van der Waals surface area contributed by atoms with E-state index in [4.69, 9.17) is 10.5 Å². The van der Waals surface area contributed by atoms with Gasteiger partial charge in [0.2, 0.25) is 18.0 Å². The van der Waals surface area contributed by atoms with Gasteiger partial charge < -0.3 is 20.7 Å². The predicted molar refractivity (Wildman–Crippen MR) is 152 cm³/mol. The van der Waals surface area contributed by atoms with Crippen molar-refractivity contribution < 1.29 is 32.3 Å². The predicted octanol–water partition coefficient (Wildman–Crippen LogP) is 4.62. The van der Waals surface area contributed by atoms with Crippen LogP contribution in [-0.4, -0.2) is 48.9 Å². The number of rotatable bonds is 7. The molecule has 0 saturated carbocycles. The van der Waals surface area contributed by atoms with Crippen LogP contribution in [-0.2, 0) is 14.4 Å². The molecule has 220 valence electrons. The summed E-state index contributed by atoms with van der Waals surface area (Å²) in [6.45, 7) is 0.679. The van der Waals surface area contributed by atoms with E-state index in [-0.39, 0.29) is 0 Å². The van der Waals surface area contributed by atoms with Crippen LogP contribution in [0.5, 0.6) is 5.75 Å². The zero-order chi connectivity index (χ0) is 30.1. The van der Waals surface area contributed by atoms with Crippen LogP contribution < -0.4 is 20.7 Å². The summed E-state index contributed by atoms with van der Waals surface area (Å²) in [6, 6.07) is 26.3. The maximum Gasteiger partial charge on any atom is 0.389 e. The molecule has 5 rings (SSSR count). The number of amides is 3. The molecular weight excluding hydrogens is 549 g/mol. The van der Waals surface area contributed by atoms with Crippen LogP contribution in [0.4, 0.5) is 18.9 Å². The van der Waals surface area contributed by atoms with E-state index < -0.39 is 55.2 Å². The standard InChI is InChI=1S/C25H25F3N4O4.C6H6/c26-25(27,28)11-10-16(14-19(29)33)23(34)31-22-24(35)32-12-5-13-36-18-9-4-8-17(21(18)32)20(30-22)15-6-2-1-3-7-15;1-2-4-6-5-3-1/h1-4,6-9,16,22H,5,10-14H2,(H2,29,33)(H,31,34);1-6H. The van der Waals surface area contributed by atoms with E-state index in [1.807, 2.05) is 42.5 Å². The Labute approximate surface area is 241 Å². The molecule has 0 fully saturated rings. The number of halogens is 3. The van der Waals surface area contributed by atoms with Gasteiger partial charge in [-0.25, -0.2) is 4.99 Å². The van der Waals surface area contributed by atoms with Crippen molar-refractivity contribution in [1.82, 2.24) is 5.32 Å². The molecule has 0 spiro atoms. The minimum Gasteiger partial charge on any atom is -0.491 e. The second kappa shape index (κ2) is 13.8. The normalized spacial score (nSPS) is 16.7. The van der Waals surface area contributed by atoms with Crippen LogP contribution >= 0.6 is 0 Å². The van der Waals surface area contributed by atoms with Crippen molar-refractivity contribution in [2.75, 3.05) is 18.1 Å². The van der Waals surface area contributed by atoms with Gasteiger partial charge in [-0.05, 0) is 18.9 Å². The zero-order valence-corrected chi connectivity index (χ0v) is 22.7. The van der Waals surface area contributed by atoms with Crippen LogP contribution in [0.3, 0.4) is 0 Å². The molecule has 0 aliphatic carbocycles. The Morgan fingerprint density at radius 3 is 2.26 bits per heavy atom. The van der Waals surface area contributed by atoms with Gasteiger partial charge in [0.05, 0.1) is 18.0 Å². The van der Waals surface area contributed by atoms with Crippen LogP contribution in [0.15, 0.2) is 89.9 Å². The summed E-state index contributed by atoms with van der Waals surface area (Å²) in [5.41, 5.74) is 7.41. The summed E-state index contributed by atoms with van der Waals surface area (Å²) in [5.74, 6) is -3.24. The summed E-state index contributed by atoms with van der Waals surface area (Å²) >= 11 is 0. The molecule has 0 aromatic heterocycles. The number of carbonyl (C=O) groups is 3. The fraction of sp³-hybridized carbons (Fsp3) is 0.290. The first-order valence-electron chi connectivity index (χ1n) is 13.5. The minimum absolute atomic E-state index is 0.297. The Morgan fingerprint density at radius 2 is 1.64 bits per heavy atom. The Morgan fingerprint density at radius 1 is 1.00 bits per heavy atom. The highest BCUT2D eigenvalue weighted by Crippen LogP contribution is 2.38. The number of benzene rings is 3. The molecule has 2 aliphatic rings. The number of nitrogens with zero attached hydrogens (tertiary/aromatic N) is 2. The third-order valence-corrected chi connectivity index (χ3v) is 6.65. The second-order valence-corrected chi connectivity index (χ2v) is 9.77. The number of primary amides is 1. The van der Waals surface area contributed by atoms with E-state index in [1.54, 1.807) is 42.5 Å². The molecule has 8 nitrogen and oxygen atoms in total. The number of para-hydroxylation sites is 1. The van der Waals surface area contributed by atoms with Gasteiger partial charge in [-0.3, -0.25) is 14.4 Å². The lowest BCUT2D eigenvalue weighted by molar-refractivity contribution is -0.143. The van der Waals surface area contributed by atoms with Crippen LogP contribution in [0.25, 0.3) is 0 Å². The van der Waals surface area contributed by atoms with Gasteiger partial charge >= 0.3 is 6.18 Å². The third kappa shape index (κ3) is 7.96. The summed E-state index contributed by atoms with van der Waals surface area (Å²) in [5, 5.41) is 2.48. The lowest BCUT2D eigenvalue weighted by Crippen LogP contribution is -2.49. The molecule has 2 heterocycles. The minimum atomic E-state index is -4.52. The molecule has 42 heavy (non-hydrogen) atoms. The maximum absolute atomic E-state index is 13.6. The quantitative estimate of drug-likeness (QED) is 0.425. The first kappa shape index (κ1) is 30.3. The van der Waals surface area contributed by atoms with Crippen molar-refractivity contribution >= 4 is 29.1 Å². The van der Waals surface area contributed by atoms with Gasteiger partial charge in [0.25, 0.3) is 5.91 Å². The van der Waals surface area contributed by atoms with Crippen LogP contribution in [0.2, 0.25) is 0 Å². The molecule has 0 saturated heterocycles. The number of nitrogens with two attached hydrogens (primary N) is 1. The lowest BCUT2D eigenvalue weighted by atomic mass is 9.97. The van der Waals surface area contributed by atoms with Gasteiger partial charge in [0.15, 0.2) is 0 Å². The largest absolute Gasteiger partial charge is 0.491 e. The third-order valence-electron chi connectivity index (χ3n) is 6.65. The molecule has 3 aromatic rings. The van der Waals surface area contributed by atoms with E-state index in [9.17, 15) is 27.6 Å². The molecule has 11 heteroatoms. The van der Waals surface area contributed by atoms with Crippen molar-refractivity contribution in [3.05, 3.63) is 96.1 Å². The SMILES string of the molecule is NC(=O)CC(CCC(F)(F)F)C(=O)NC1N=C(c2ccccc2)c2cccc3c2N(CCCO3)C1=O.c1ccccc1. The fourth-order valence-corrected chi connectivity index (χ4v) is 4.71. The first-order chi connectivity index (χ1) is 20.1. The highest BCUT2D eigenvalue weighted by atomic mass is 19.4. The first-order valence-corrected chi connectivity index (χ1v) is 13.5.